The molecule has 0 radical (unpaired) electrons. The van der Waals surface area contributed by atoms with Crippen molar-refractivity contribution in [2.24, 2.45) is 5.41 Å². The summed E-state index contributed by atoms with van der Waals surface area (Å²) in [6.45, 7) is 7.37. The van der Waals surface area contributed by atoms with Gasteiger partial charge in [-0.1, -0.05) is 13.3 Å². The Balaban J connectivity index is 1.85. The van der Waals surface area contributed by atoms with Crippen molar-refractivity contribution in [2.45, 2.75) is 38.7 Å². The van der Waals surface area contributed by atoms with Crippen molar-refractivity contribution in [2.75, 3.05) is 46.4 Å². The number of piperidine rings is 1. The minimum Gasteiger partial charge on any atom is -0.374 e. The predicted octanol–water partition coefficient (Wildman–Crippen LogP) is 0.603. The molecule has 2 aliphatic rings. The number of hydrogen-bond donors (Lipinski definition) is 2. The van der Waals surface area contributed by atoms with Crippen LogP contribution in [0.2, 0.25) is 0 Å². The first-order valence-electron chi connectivity index (χ1n) is 7.95. The molecule has 2 rings (SSSR count). The van der Waals surface area contributed by atoms with E-state index in [4.69, 9.17) is 4.74 Å². The summed E-state index contributed by atoms with van der Waals surface area (Å²) in [5.41, 5.74) is -0.152. The number of likely N-dealkylation sites (N-methyl/N-ethyl adjacent to an activating group) is 1. The molecule has 1 unspecified atom stereocenters. The second-order valence-corrected chi connectivity index (χ2v) is 6.25. The van der Waals surface area contributed by atoms with Gasteiger partial charge in [-0.2, -0.15) is 0 Å². The van der Waals surface area contributed by atoms with Gasteiger partial charge in [-0.15, -0.1) is 0 Å². The van der Waals surface area contributed by atoms with Crippen LogP contribution in [0.4, 0.5) is 0 Å². The summed E-state index contributed by atoms with van der Waals surface area (Å²) in [5, 5.41) is 6.50. The minimum absolute atomic E-state index is 0.137. The first-order chi connectivity index (χ1) is 9.66. The molecule has 0 bridgehead atoms. The van der Waals surface area contributed by atoms with Gasteiger partial charge in [-0.05, 0) is 39.4 Å². The molecule has 0 aromatic heterocycles. The summed E-state index contributed by atoms with van der Waals surface area (Å²) < 4.78 is 5.71. The number of hydrogen-bond acceptors (Lipinski definition) is 4. The van der Waals surface area contributed by atoms with Gasteiger partial charge in [-0.25, -0.2) is 0 Å². The number of rotatable bonds is 5. The minimum atomic E-state index is -0.152. The molecule has 20 heavy (non-hydrogen) atoms. The number of ether oxygens (including phenoxy) is 1. The van der Waals surface area contributed by atoms with Gasteiger partial charge < -0.3 is 20.3 Å². The fraction of sp³-hybridized carbons (Fsp3) is 0.933. The Labute approximate surface area is 122 Å². The van der Waals surface area contributed by atoms with Gasteiger partial charge in [0.1, 0.15) is 0 Å². The van der Waals surface area contributed by atoms with E-state index in [-0.39, 0.29) is 17.4 Å². The number of morpholine rings is 1. The van der Waals surface area contributed by atoms with E-state index in [9.17, 15) is 4.79 Å². The molecule has 2 fully saturated rings. The largest absolute Gasteiger partial charge is 0.374 e. The van der Waals surface area contributed by atoms with Crippen LogP contribution in [0.3, 0.4) is 0 Å². The smallest absolute Gasteiger partial charge is 0.226 e. The maximum Gasteiger partial charge on any atom is 0.226 e. The van der Waals surface area contributed by atoms with E-state index >= 15 is 0 Å². The molecule has 0 spiro atoms. The number of carbonyl (C=O) groups excluding carboxylic acids is 1. The Hall–Kier alpha value is -0.650. The van der Waals surface area contributed by atoms with E-state index in [0.717, 1.165) is 58.5 Å². The van der Waals surface area contributed by atoms with Crippen molar-refractivity contribution in [3.05, 3.63) is 0 Å². The van der Waals surface area contributed by atoms with Gasteiger partial charge in [0.15, 0.2) is 0 Å². The molecular formula is C15H29N3O2. The molecule has 2 aliphatic heterocycles. The van der Waals surface area contributed by atoms with Gasteiger partial charge in [-0.3, -0.25) is 4.79 Å². The van der Waals surface area contributed by atoms with E-state index in [2.05, 4.69) is 29.5 Å². The predicted molar refractivity (Wildman–Crippen MR) is 79.7 cm³/mol. The average Bonchev–Trinajstić information content (AvgIpc) is 2.46. The fourth-order valence-electron chi connectivity index (χ4n) is 3.36. The van der Waals surface area contributed by atoms with Crippen LogP contribution in [0.25, 0.3) is 0 Å². The van der Waals surface area contributed by atoms with Crippen LogP contribution in [0, 0.1) is 5.41 Å². The molecule has 2 saturated heterocycles. The number of amides is 1. The lowest BCUT2D eigenvalue weighted by molar-refractivity contribution is -0.134. The molecule has 1 atom stereocenters. The molecule has 0 aliphatic carbocycles. The summed E-state index contributed by atoms with van der Waals surface area (Å²) in [4.78, 5) is 14.9. The maximum atomic E-state index is 12.6. The molecule has 5 heteroatoms. The van der Waals surface area contributed by atoms with Crippen LogP contribution < -0.4 is 10.6 Å². The zero-order chi connectivity index (χ0) is 14.4. The quantitative estimate of drug-likeness (QED) is 0.776. The van der Waals surface area contributed by atoms with Crippen molar-refractivity contribution >= 4 is 5.91 Å². The Kier molecular flexibility index (Phi) is 5.81. The third-order valence-electron chi connectivity index (χ3n) is 4.60. The first-order valence-corrected chi connectivity index (χ1v) is 7.95. The van der Waals surface area contributed by atoms with Crippen molar-refractivity contribution in [3.8, 4) is 0 Å². The standard InChI is InChI=1S/C15H29N3O2/c1-3-4-15(5-7-16-8-6-15)14(19)17-11-13-12-18(2)9-10-20-13/h13,16H,3-12H2,1-2H3,(H,17,19). The van der Waals surface area contributed by atoms with E-state index in [1.54, 1.807) is 0 Å². The lowest BCUT2D eigenvalue weighted by atomic mass is 9.74. The molecule has 116 valence electrons. The van der Waals surface area contributed by atoms with Gasteiger partial charge in [0.2, 0.25) is 5.91 Å². The van der Waals surface area contributed by atoms with E-state index in [1.807, 2.05) is 0 Å². The summed E-state index contributed by atoms with van der Waals surface area (Å²) >= 11 is 0. The Morgan fingerprint density at radius 3 is 2.85 bits per heavy atom. The zero-order valence-electron chi connectivity index (χ0n) is 12.9. The molecule has 2 heterocycles. The highest BCUT2D eigenvalue weighted by atomic mass is 16.5. The van der Waals surface area contributed by atoms with Crippen LogP contribution in [-0.4, -0.2) is 63.3 Å². The van der Waals surface area contributed by atoms with Crippen LogP contribution in [0.5, 0.6) is 0 Å². The van der Waals surface area contributed by atoms with Crippen molar-refractivity contribution in [3.63, 3.8) is 0 Å². The average molecular weight is 283 g/mol. The number of carbonyl (C=O) groups is 1. The van der Waals surface area contributed by atoms with Gasteiger partial charge in [0.25, 0.3) is 0 Å². The normalized spacial score (nSPS) is 27.2. The van der Waals surface area contributed by atoms with Crippen LogP contribution >= 0.6 is 0 Å². The van der Waals surface area contributed by atoms with Crippen molar-refractivity contribution in [1.29, 1.82) is 0 Å². The highest BCUT2D eigenvalue weighted by Crippen LogP contribution is 2.34. The molecule has 1 amide bonds. The molecule has 0 aromatic carbocycles. The topological polar surface area (TPSA) is 53.6 Å². The molecule has 0 saturated carbocycles. The molecular weight excluding hydrogens is 254 g/mol. The van der Waals surface area contributed by atoms with Crippen molar-refractivity contribution in [1.82, 2.24) is 15.5 Å². The fourth-order valence-corrected chi connectivity index (χ4v) is 3.36. The SMILES string of the molecule is CCCC1(C(=O)NCC2CN(C)CCO2)CCNCC1. The second-order valence-electron chi connectivity index (χ2n) is 6.25. The van der Waals surface area contributed by atoms with Crippen molar-refractivity contribution < 1.29 is 9.53 Å². The van der Waals surface area contributed by atoms with Crippen LogP contribution in [0.15, 0.2) is 0 Å². The lowest BCUT2D eigenvalue weighted by Crippen LogP contribution is -2.51. The van der Waals surface area contributed by atoms with Crippen LogP contribution in [0.1, 0.15) is 32.6 Å². The summed E-state index contributed by atoms with van der Waals surface area (Å²) in [6, 6.07) is 0. The Morgan fingerprint density at radius 2 is 2.20 bits per heavy atom. The van der Waals surface area contributed by atoms with Gasteiger partial charge >= 0.3 is 0 Å². The summed E-state index contributed by atoms with van der Waals surface area (Å²) in [5.74, 6) is 0.234. The van der Waals surface area contributed by atoms with Crippen LogP contribution in [-0.2, 0) is 9.53 Å². The number of nitrogens with zero attached hydrogens (tertiary/aromatic N) is 1. The second kappa shape index (κ2) is 7.38. The Morgan fingerprint density at radius 1 is 1.45 bits per heavy atom. The summed E-state index contributed by atoms with van der Waals surface area (Å²) in [7, 11) is 2.10. The van der Waals surface area contributed by atoms with Gasteiger partial charge in [0, 0.05) is 19.6 Å². The van der Waals surface area contributed by atoms with E-state index < -0.39 is 0 Å². The number of nitrogens with one attached hydrogen (secondary N) is 2. The van der Waals surface area contributed by atoms with Gasteiger partial charge in [0.05, 0.1) is 18.1 Å². The van der Waals surface area contributed by atoms with E-state index in [1.165, 1.54) is 0 Å². The third kappa shape index (κ3) is 3.93. The highest BCUT2D eigenvalue weighted by Gasteiger charge is 2.38. The molecule has 5 nitrogen and oxygen atoms in total. The maximum absolute atomic E-state index is 12.6. The third-order valence-corrected chi connectivity index (χ3v) is 4.60. The zero-order valence-corrected chi connectivity index (χ0v) is 12.9. The molecule has 2 N–H and O–H groups in total. The first kappa shape index (κ1) is 15.7. The molecule has 0 aromatic rings. The Bertz CT molecular complexity index is 311. The van der Waals surface area contributed by atoms with E-state index in [0.29, 0.717) is 6.54 Å². The monoisotopic (exact) mass is 283 g/mol. The lowest BCUT2D eigenvalue weighted by Gasteiger charge is -2.37. The highest BCUT2D eigenvalue weighted by molar-refractivity contribution is 5.82. The summed E-state index contributed by atoms with van der Waals surface area (Å²) in [6.07, 6.45) is 4.11.